The van der Waals surface area contributed by atoms with Gasteiger partial charge in [-0.05, 0) is 87.1 Å². The van der Waals surface area contributed by atoms with Crippen LogP contribution in [0.5, 0.6) is 0 Å². The van der Waals surface area contributed by atoms with Crippen LogP contribution in [0, 0.1) is 0 Å². The van der Waals surface area contributed by atoms with Gasteiger partial charge in [0.1, 0.15) is 11.2 Å². The number of nitrogens with zero attached hydrogens (tertiary/aromatic N) is 1. The highest BCUT2D eigenvalue weighted by Crippen LogP contribution is 2.43. The maximum absolute atomic E-state index is 6.10. The van der Waals surface area contributed by atoms with E-state index in [-0.39, 0.29) is 0 Å². The molecule has 0 bridgehead atoms. The lowest BCUT2D eigenvalue weighted by molar-refractivity contribution is 0.669. The third kappa shape index (κ3) is 4.92. The summed E-state index contributed by atoms with van der Waals surface area (Å²) in [6.45, 7) is 0. The lowest BCUT2D eigenvalue weighted by Gasteiger charge is -2.28. The van der Waals surface area contributed by atoms with Gasteiger partial charge in [0.05, 0.1) is 5.69 Å². The average molecular weight is 614 g/mol. The zero-order valence-corrected chi connectivity index (χ0v) is 26.3. The van der Waals surface area contributed by atoms with Crippen molar-refractivity contribution in [1.29, 1.82) is 0 Å². The Bertz CT molecular complexity index is 2560. The van der Waals surface area contributed by atoms with Gasteiger partial charge in [0.15, 0.2) is 0 Å². The van der Waals surface area contributed by atoms with Crippen LogP contribution >= 0.6 is 0 Å². The number of hydrogen-bond donors (Lipinski definition) is 0. The van der Waals surface area contributed by atoms with Crippen LogP contribution in [0.3, 0.4) is 0 Å². The van der Waals surface area contributed by atoms with E-state index in [9.17, 15) is 0 Å². The summed E-state index contributed by atoms with van der Waals surface area (Å²) in [6, 6.07) is 67.0. The first-order valence-electron chi connectivity index (χ1n) is 16.3. The van der Waals surface area contributed by atoms with Gasteiger partial charge in [-0.15, -0.1) is 0 Å². The summed E-state index contributed by atoms with van der Waals surface area (Å²) in [6.07, 6.45) is 0. The second-order valence-electron chi connectivity index (χ2n) is 12.2. The van der Waals surface area contributed by atoms with Crippen LogP contribution in [0.4, 0.5) is 17.1 Å². The van der Waals surface area contributed by atoms with E-state index in [2.05, 4.69) is 181 Å². The molecule has 9 rings (SSSR count). The molecule has 0 saturated carbocycles. The van der Waals surface area contributed by atoms with Crippen molar-refractivity contribution in [2.24, 2.45) is 0 Å². The van der Waals surface area contributed by atoms with E-state index in [1.807, 2.05) is 12.1 Å². The summed E-state index contributed by atoms with van der Waals surface area (Å²) >= 11 is 0. The van der Waals surface area contributed by atoms with Crippen LogP contribution in [-0.2, 0) is 0 Å². The van der Waals surface area contributed by atoms with E-state index in [4.69, 9.17) is 4.42 Å². The first-order chi connectivity index (χ1) is 23.8. The summed E-state index contributed by atoms with van der Waals surface area (Å²) in [5.74, 6) is 0. The highest BCUT2D eigenvalue weighted by molar-refractivity contribution is 6.06. The van der Waals surface area contributed by atoms with E-state index in [0.717, 1.165) is 50.1 Å². The van der Waals surface area contributed by atoms with Gasteiger partial charge in [0.2, 0.25) is 0 Å². The summed E-state index contributed by atoms with van der Waals surface area (Å²) < 4.78 is 6.10. The van der Waals surface area contributed by atoms with Crippen molar-refractivity contribution in [3.8, 4) is 33.4 Å². The van der Waals surface area contributed by atoms with Crippen LogP contribution in [0.25, 0.3) is 66.1 Å². The molecule has 1 heterocycles. The van der Waals surface area contributed by atoms with Gasteiger partial charge in [0.25, 0.3) is 0 Å². The predicted molar refractivity (Wildman–Crippen MR) is 202 cm³/mol. The smallest absolute Gasteiger partial charge is 0.135 e. The van der Waals surface area contributed by atoms with Gasteiger partial charge < -0.3 is 9.32 Å². The largest absolute Gasteiger partial charge is 0.456 e. The highest BCUT2D eigenvalue weighted by Gasteiger charge is 2.18. The van der Waals surface area contributed by atoms with E-state index >= 15 is 0 Å². The maximum atomic E-state index is 6.10. The molecule has 0 fully saturated rings. The Morgan fingerprint density at radius 3 is 1.88 bits per heavy atom. The molecule has 0 amide bonds. The number of furan rings is 1. The molecule has 0 unspecified atom stereocenters. The summed E-state index contributed by atoms with van der Waals surface area (Å²) in [5.41, 5.74) is 12.2. The van der Waals surface area contributed by atoms with Crippen molar-refractivity contribution in [2.45, 2.75) is 0 Å². The topological polar surface area (TPSA) is 16.4 Å². The number of benzene rings is 8. The molecule has 0 saturated heterocycles. The van der Waals surface area contributed by atoms with Gasteiger partial charge in [-0.2, -0.15) is 0 Å². The third-order valence-electron chi connectivity index (χ3n) is 9.27. The molecule has 0 N–H and O–H groups in total. The van der Waals surface area contributed by atoms with Crippen LogP contribution in [0.1, 0.15) is 0 Å². The minimum atomic E-state index is 0.909. The van der Waals surface area contributed by atoms with Gasteiger partial charge in [-0.3, -0.25) is 0 Å². The Morgan fingerprint density at radius 1 is 0.333 bits per heavy atom. The first-order valence-corrected chi connectivity index (χ1v) is 16.3. The van der Waals surface area contributed by atoms with Gasteiger partial charge >= 0.3 is 0 Å². The van der Waals surface area contributed by atoms with Crippen molar-refractivity contribution < 1.29 is 4.42 Å². The fourth-order valence-electron chi connectivity index (χ4n) is 6.96. The molecular weight excluding hydrogens is 583 g/mol. The number of rotatable bonds is 6. The molecule has 48 heavy (non-hydrogen) atoms. The minimum Gasteiger partial charge on any atom is -0.456 e. The Balaban J connectivity index is 1.18. The number of anilines is 3. The number of hydrogen-bond acceptors (Lipinski definition) is 2. The molecule has 0 spiro atoms. The van der Waals surface area contributed by atoms with Crippen LogP contribution in [-0.4, -0.2) is 0 Å². The van der Waals surface area contributed by atoms with Crippen LogP contribution in [0.15, 0.2) is 192 Å². The summed E-state index contributed by atoms with van der Waals surface area (Å²) in [7, 11) is 0. The van der Waals surface area contributed by atoms with Crippen LogP contribution in [0.2, 0.25) is 0 Å². The fraction of sp³-hybridized carbons (Fsp3) is 0. The molecule has 0 aliphatic carbocycles. The maximum Gasteiger partial charge on any atom is 0.135 e. The second kappa shape index (κ2) is 11.8. The number of para-hydroxylation sites is 2. The van der Waals surface area contributed by atoms with Crippen molar-refractivity contribution in [2.75, 3.05) is 4.90 Å². The molecule has 0 aliphatic heterocycles. The average Bonchev–Trinajstić information content (AvgIpc) is 3.54. The van der Waals surface area contributed by atoms with E-state index in [1.54, 1.807) is 0 Å². The zero-order chi connectivity index (χ0) is 31.9. The molecule has 8 aromatic carbocycles. The number of fused-ring (bicyclic) bond motifs is 4. The molecule has 2 heteroatoms. The van der Waals surface area contributed by atoms with Crippen molar-refractivity contribution >= 4 is 49.8 Å². The summed E-state index contributed by atoms with van der Waals surface area (Å²) in [4.78, 5) is 2.38. The van der Waals surface area contributed by atoms with Crippen molar-refractivity contribution in [1.82, 2.24) is 0 Å². The SMILES string of the molecule is c1ccc(-c2ccccc2N(c2ccc(-c3ccc4oc5ccccc5c4c3)cc2)c2cccc(-c3cccc4ccccc34)c2)cc1. The normalized spacial score (nSPS) is 11.3. The lowest BCUT2D eigenvalue weighted by atomic mass is 9.97. The summed E-state index contributed by atoms with van der Waals surface area (Å²) in [5, 5.41) is 4.76. The molecule has 0 aliphatic rings. The van der Waals surface area contributed by atoms with Gasteiger partial charge in [0, 0.05) is 27.7 Å². The minimum absolute atomic E-state index is 0.909. The van der Waals surface area contributed by atoms with Crippen molar-refractivity contribution in [3.63, 3.8) is 0 Å². The molecule has 9 aromatic rings. The van der Waals surface area contributed by atoms with E-state index < -0.39 is 0 Å². The molecular formula is C46H31NO. The molecule has 226 valence electrons. The molecule has 0 radical (unpaired) electrons. The Morgan fingerprint density at radius 2 is 0.979 bits per heavy atom. The molecule has 0 atom stereocenters. The molecule has 1 aromatic heterocycles. The van der Waals surface area contributed by atoms with Gasteiger partial charge in [-0.1, -0.05) is 140 Å². The highest BCUT2D eigenvalue weighted by atomic mass is 16.3. The Kier molecular flexibility index (Phi) is 6.84. The standard InChI is InChI=1S/C46H31NO/c1-2-12-34(13-3-1)41-19-6-8-22-44(41)47(38-17-10-16-36(30-38)40-21-11-15-33-14-4-5-18-39(33)40)37-27-24-32(25-28-37)35-26-29-46-43(31-35)42-20-7-9-23-45(42)48-46/h1-31H. The van der Waals surface area contributed by atoms with E-state index in [1.165, 1.54) is 33.0 Å². The lowest BCUT2D eigenvalue weighted by Crippen LogP contribution is -2.11. The monoisotopic (exact) mass is 613 g/mol. The van der Waals surface area contributed by atoms with E-state index in [0.29, 0.717) is 0 Å². The fourth-order valence-corrected chi connectivity index (χ4v) is 6.96. The Labute approximate surface area is 279 Å². The third-order valence-corrected chi connectivity index (χ3v) is 9.27. The predicted octanol–water partition coefficient (Wildman–Crippen LogP) is 13.2. The first kappa shape index (κ1) is 27.9. The van der Waals surface area contributed by atoms with Gasteiger partial charge in [-0.25, -0.2) is 0 Å². The quantitative estimate of drug-likeness (QED) is 0.185. The van der Waals surface area contributed by atoms with Crippen LogP contribution < -0.4 is 4.90 Å². The second-order valence-corrected chi connectivity index (χ2v) is 12.2. The molecule has 2 nitrogen and oxygen atoms in total. The Hall–Kier alpha value is -6.38. The zero-order valence-electron chi connectivity index (χ0n) is 26.3. The van der Waals surface area contributed by atoms with Crippen molar-refractivity contribution in [3.05, 3.63) is 188 Å².